The molecule has 1 saturated heterocycles. The first kappa shape index (κ1) is 18.8. The van der Waals surface area contributed by atoms with E-state index in [1.54, 1.807) is 22.6 Å². The third-order valence-corrected chi connectivity index (χ3v) is 5.76. The van der Waals surface area contributed by atoms with Gasteiger partial charge in [-0.2, -0.15) is 13.2 Å². The number of carbonyl (C=O) groups excluding carboxylic acids is 2. The summed E-state index contributed by atoms with van der Waals surface area (Å²) in [6, 6.07) is 3.73. The number of ether oxygens (including phenoxy) is 2. The minimum Gasteiger partial charge on any atom is -0.368 e. The fraction of sp³-hybridized carbons (Fsp3) is 0.389. The highest BCUT2D eigenvalue weighted by atomic mass is 127. The molecule has 0 amide bonds. The van der Waals surface area contributed by atoms with Gasteiger partial charge in [0, 0.05) is 15.1 Å². The second kappa shape index (κ2) is 6.78. The summed E-state index contributed by atoms with van der Waals surface area (Å²) in [5.41, 5.74) is 1.02. The van der Waals surface area contributed by atoms with E-state index in [9.17, 15) is 22.8 Å². The van der Waals surface area contributed by atoms with Gasteiger partial charge in [-0.1, -0.05) is 6.07 Å². The van der Waals surface area contributed by atoms with Gasteiger partial charge in [-0.05, 0) is 40.3 Å². The van der Waals surface area contributed by atoms with E-state index in [1.807, 2.05) is 0 Å². The number of hydrogen-bond acceptors (Lipinski definition) is 5. The topological polar surface area (TPSA) is 65.0 Å². The third-order valence-electron chi connectivity index (χ3n) is 4.86. The van der Waals surface area contributed by atoms with Gasteiger partial charge < -0.3 is 9.47 Å². The Balaban J connectivity index is 1.87. The van der Waals surface area contributed by atoms with E-state index < -0.39 is 23.6 Å². The molecule has 3 aliphatic rings. The minimum absolute atomic E-state index is 0.0165. The van der Waals surface area contributed by atoms with Crippen molar-refractivity contribution in [3.05, 3.63) is 44.2 Å². The van der Waals surface area contributed by atoms with Crippen molar-refractivity contribution in [3.8, 4) is 0 Å². The highest BCUT2D eigenvalue weighted by Gasteiger charge is 2.45. The molecule has 0 spiro atoms. The highest BCUT2D eigenvalue weighted by Crippen LogP contribution is 2.43. The summed E-state index contributed by atoms with van der Waals surface area (Å²) in [5.74, 6) is -1.90. The molecule has 0 aliphatic carbocycles. The van der Waals surface area contributed by atoms with E-state index in [0.717, 1.165) is 6.07 Å². The van der Waals surface area contributed by atoms with Gasteiger partial charge in [0.25, 0.3) is 0 Å². The number of carbonyl (C=O) groups is 2. The van der Waals surface area contributed by atoms with Crippen LogP contribution in [0.1, 0.15) is 17.0 Å². The number of Topliss-reactive ketones (excluding diaryl/α,β-unsaturated/α-hetero) is 2. The molecule has 5 nitrogen and oxygen atoms in total. The van der Waals surface area contributed by atoms with Crippen molar-refractivity contribution in [2.24, 2.45) is 10.9 Å². The van der Waals surface area contributed by atoms with Crippen LogP contribution in [0.4, 0.5) is 13.2 Å². The molecule has 3 aliphatic heterocycles. The van der Waals surface area contributed by atoms with E-state index in [-0.39, 0.29) is 41.6 Å². The van der Waals surface area contributed by atoms with Crippen LogP contribution < -0.4 is 0 Å². The van der Waals surface area contributed by atoms with Gasteiger partial charge in [0.05, 0.1) is 36.1 Å². The molecular weight excluding hydrogens is 478 g/mol. The van der Waals surface area contributed by atoms with Crippen molar-refractivity contribution in [2.45, 2.75) is 12.1 Å². The van der Waals surface area contributed by atoms with Gasteiger partial charge in [0.1, 0.15) is 13.2 Å². The summed E-state index contributed by atoms with van der Waals surface area (Å²) >= 11 is 1.63. The zero-order valence-corrected chi connectivity index (χ0v) is 16.0. The molecule has 1 aromatic rings. The van der Waals surface area contributed by atoms with Crippen LogP contribution in [0.15, 0.2) is 34.5 Å². The van der Waals surface area contributed by atoms with Crippen LogP contribution >= 0.6 is 22.6 Å². The van der Waals surface area contributed by atoms with Crippen LogP contribution in [0.2, 0.25) is 0 Å². The number of benzene rings is 1. The predicted molar refractivity (Wildman–Crippen MR) is 96.5 cm³/mol. The van der Waals surface area contributed by atoms with Gasteiger partial charge in [-0.15, -0.1) is 0 Å². The normalized spacial score (nSPS) is 25.9. The van der Waals surface area contributed by atoms with Crippen LogP contribution in [0.3, 0.4) is 0 Å². The van der Waals surface area contributed by atoms with Crippen LogP contribution in [0.25, 0.3) is 0 Å². The van der Waals surface area contributed by atoms with Crippen molar-refractivity contribution >= 4 is 39.9 Å². The number of alkyl halides is 3. The lowest BCUT2D eigenvalue weighted by molar-refractivity contribution is -0.138. The molecule has 4 rings (SSSR count). The van der Waals surface area contributed by atoms with Crippen molar-refractivity contribution in [1.29, 1.82) is 0 Å². The number of fused-ring (bicyclic) bond motifs is 1. The maximum absolute atomic E-state index is 13.1. The molecule has 1 aromatic carbocycles. The van der Waals surface area contributed by atoms with E-state index in [0.29, 0.717) is 22.5 Å². The Morgan fingerprint density at radius 2 is 1.78 bits per heavy atom. The largest absolute Gasteiger partial charge is 0.417 e. The van der Waals surface area contributed by atoms with Gasteiger partial charge in [-0.25, -0.2) is 0 Å². The average molecular weight is 491 g/mol. The molecule has 1 fully saturated rings. The monoisotopic (exact) mass is 491 g/mol. The second-order valence-electron chi connectivity index (χ2n) is 6.53. The van der Waals surface area contributed by atoms with Crippen LogP contribution in [-0.2, 0) is 25.2 Å². The molecule has 0 saturated carbocycles. The average Bonchev–Trinajstić information content (AvgIpc) is 2.59. The summed E-state index contributed by atoms with van der Waals surface area (Å²) in [5, 5.41) is 0. The van der Waals surface area contributed by atoms with Crippen molar-refractivity contribution in [3.63, 3.8) is 0 Å². The molecular formula is C18H13F3INO4. The molecule has 0 aromatic heterocycles. The lowest BCUT2D eigenvalue weighted by Crippen LogP contribution is -2.45. The van der Waals surface area contributed by atoms with Gasteiger partial charge >= 0.3 is 6.18 Å². The molecule has 3 heterocycles. The number of halogens is 4. The zero-order valence-electron chi connectivity index (χ0n) is 13.8. The van der Waals surface area contributed by atoms with Crippen LogP contribution in [0, 0.1) is 9.49 Å². The summed E-state index contributed by atoms with van der Waals surface area (Å²) in [6.07, 6.45) is -4.47. The smallest absolute Gasteiger partial charge is 0.368 e. The Kier molecular flexibility index (Phi) is 4.71. The molecule has 9 heteroatoms. The lowest BCUT2D eigenvalue weighted by atomic mass is 9.71. The summed E-state index contributed by atoms with van der Waals surface area (Å²) in [4.78, 5) is 29.5. The van der Waals surface area contributed by atoms with Gasteiger partial charge in [0.15, 0.2) is 11.6 Å². The third kappa shape index (κ3) is 3.25. The van der Waals surface area contributed by atoms with E-state index in [1.165, 1.54) is 12.1 Å². The number of ketones is 2. The fourth-order valence-electron chi connectivity index (χ4n) is 3.76. The first-order chi connectivity index (χ1) is 12.8. The van der Waals surface area contributed by atoms with Gasteiger partial charge in [-0.3, -0.25) is 14.6 Å². The van der Waals surface area contributed by atoms with E-state index in [2.05, 4.69) is 4.99 Å². The Bertz CT molecular complexity index is 906. The van der Waals surface area contributed by atoms with Crippen LogP contribution in [-0.4, -0.2) is 43.7 Å². The number of nitrogens with zero attached hydrogens (tertiary/aromatic N) is 1. The molecule has 0 bridgehead atoms. The lowest BCUT2D eigenvalue weighted by Gasteiger charge is -2.37. The second-order valence-corrected chi connectivity index (χ2v) is 7.69. The first-order valence-corrected chi connectivity index (χ1v) is 9.24. The molecule has 2 atom stereocenters. The Hall–Kier alpha value is -1.59. The highest BCUT2D eigenvalue weighted by molar-refractivity contribution is 14.1. The predicted octanol–water partition coefficient (Wildman–Crippen LogP) is 2.92. The Labute approximate surface area is 165 Å². The number of rotatable bonds is 1. The summed E-state index contributed by atoms with van der Waals surface area (Å²) < 4.78 is 49.8. The molecule has 27 heavy (non-hydrogen) atoms. The van der Waals surface area contributed by atoms with E-state index in [4.69, 9.17) is 9.47 Å². The fourth-order valence-corrected chi connectivity index (χ4v) is 4.60. The SMILES string of the molecule is O=C1COCC2=C1C(c1ccc(C(F)(F)F)c(I)c1)C1C(=O)COCC1=N2. The maximum Gasteiger partial charge on any atom is 0.417 e. The van der Waals surface area contributed by atoms with Crippen LogP contribution in [0.5, 0.6) is 0 Å². The molecule has 0 radical (unpaired) electrons. The molecule has 142 valence electrons. The Morgan fingerprint density at radius 1 is 1.04 bits per heavy atom. The number of aliphatic imine (C=N–C) groups is 1. The standard InChI is InChI=1S/C18H13F3INO4/c19-18(20,21)9-2-1-8(3-10(9)22)15-16-11(4-26-6-13(16)24)23-12-5-27-7-14(25)17(12)15/h1-3,15-16H,4-7H2. The van der Waals surface area contributed by atoms with E-state index >= 15 is 0 Å². The van der Waals surface area contributed by atoms with Crippen molar-refractivity contribution in [1.82, 2.24) is 0 Å². The Morgan fingerprint density at radius 3 is 2.48 bits per heavy atom. The quantitative estimate of drug-likeness (QED) is 0.568. The minimum atomic E-state index is -4.47. The van der Waals surface area contributed by atoms with Crippen molar-refractivity contribution < 1.29 is 32.2 Å². The first-order valence-electron chi connectivity index (χ1n) is 8.16. The summed E-state index contributed by atoms with van der Waals surface area (Å²) in [6.45, 7) is 0.0376. The maximum atomic E-state index is 13.1. The molecule has 0 N–H and O–H groups in total. The summed E-state index contributed by atoms with van der Waals surface area (Å²) in [7, 11) is 0. The number of hydrogen-bond donors (Lipinski definition) is 0. The van der Waals surface area contributed by atoms with Gasteiger partial charge in [0.2, 0.25) is 0 Å². The van der Waals surface area contributed by atoms with Crippen molar-refractivity contribution in [2.75, 3.05) is 26.4 Å². The zero-order chi connectivity index (χ0) is 19.3. The molecule has 2 unspecified atom stereocenters.